The highest BCUT2D eigenvalue weighted by Gasteiger charge is 2.42. The van der Waals surface area contributed by atoms with Gasteiger partial charge in [0.05, 0.1) is 36.1 Å². The number of nitrogens with zero attached hydrogens (tertiary/aromatic N) is 4. The van der Waals surface area contributed by atoms with E-state index in [0.29, 0.717) is 56.8 Å². The van der Waals surface area contributed by atoms with Crippen molar-refractivity contribution in [3.05, 3.63) is 47.5 Å². The van der Waals surface area contributed by atoms with Crippen LogP contribution < -0.4 is 0 Å². The zero-order valence-electron chi connectivity index (χ0n) is 15.4. The van der Waals surface area contributed by atoms with Gasteiger partial charge < -0.3 is 14.5 Å². The minimum absolute atomic E-state index is 0.00295. The Morgan fingerprint density at radius 1 is 1.07 bits per heavy atom. The zero-order chi connectivity index (χ0) is 18.9. The summed E-state index contributed by atoms with van der Waals surface area (Å²) in [6, 6.07) is 1.86. The van der Waals surface area contributed by atoms with E-state index in [4.69, 9.17) is 4.74 Å². The molecule has 27 heavy (non-hydrogen) atoms. The number of hydrogen-bond acceptors (Lipinski definition) is 5. The van der Waals surface area contributed by atoms with Crippen LogP contribution in [0.25, 0.3) is 0 Å². The first-order valence-electron chi connectivity index (χ1n) is 9.19. The fourth-order valence-electron chi connectivity index (χ4n) is 3.84. The number of carbonyl (C=O) groups is 2. The van der Waals surface area contributed by atoms with E-state index >= 15 is 0 Å². The topological polar surface area (TPSA) is 91.4 Å². The number of rotatable bonds is 2. The van der Waals surface area contributed by atoms with E-state index in [0.717, 1.165) is 5.56 Å². The van der Waals surface area contributed by atoms with Crippen molar-refractivity contribution in [2.45, 2.75) is 25.4 Å². The lowest BCUT2D eigenvalue weighted by molar-refractivity contribution is -0.123. The van der Waals surface area contributed by atoms with Crippen molar-refractivity contribution >= 4 is 11.8 Å². The average Bonchev–Trinajstić information content (AvgIpc) is 3.22. The number of aromatic nitrogens is 3. The van der Waals surface area contributed by atoms with Crippen LogP contribution in [0.15, 0.2) is 30.9 Å². The Morgan fingerprint density at radius 2 is 1.85 bits per heavy atom. The molecule has 0 unspecified atom stereocenters. The number of H-pyrrole nitrogens is 1. The predicted octanol–water partition coefficient (Wildman–Crippen LogP) is 1.26. The van der Waals surface area contributed by atoms with Crippen LogP contribution in [0.4, 0.5) is 0 Å². The van der Waals surface area contributed by atoms with Gasteiger partial charge in [-0.2, -0.15) is 5.10 Å². The highest BCUT2D eigenvalue weighted by molar-refractivity contribution is 5.94. The third-order valence-electron chi connectivity index (χ3n) is 5.36. The molecule has 0 aliphatic carbocycles. The lowest BCUT2D eigenvalue weighted by Crippen LogP contribution is -2.58. The number of pyridine rings is 1. The Bertz CT molecular complexity index is 828. The Hall–Kier alpha value is -2.74. The third-order valence-corrected chi connectivity index (χ3v) is 5.36. The number of piperidine rings is 1. The fraction of sp³-hybridized carbons (Fsp3) is 0.474. The molecule has 4 rings (SSSR count). The molecule has 2 aromatic rings. The summed E-state index contributed by atoms with van der Waals surface area (Å²) in [5.41, 5.74) is 1.77. The second-order valence-corrected chi connectivity index (χ2v) is 7.29. The van der Waals surface area contributed by atoms with Gasteiger partial charge in [0.1, 0.15) is 0 Å². The maximum Gasteiger partial charge on any atom is 0.257 e. The lowest BCUT2D eigenvalue weighted by Gasteiger charge is -2.47. The smallest absolute Gasteiger partial charge is 0.257 e. The zero-order valence-corrected chi connectivity index (χ0v) is 15.4. The van der Waals surface area contributed by atoms with Crippen LogP contribution in [-0.4, -0.2) is 75.2 Å². The minimum Gasteiger partial charge on any atom is -0.371 e. The standard InChI is InChI=1S/C19H23N5O3/c1-14-8-15(10-20-9-14)17(25)23-4-2-19(3-5-23)13-24(6-7-27-19)18(26)16-11-21-22-12-16/h8-12H,2-7,13H2,1H3,(H,21,22). The van der Waals surface area contributed by atoms with E-state index in [9.17, 15) is 9.59 Å². The Balaban J connectivity index is 1.40. The maximum absolute atomic E-state index is 12.7. The first kappa shape index (κ1) is 17.7. The average molecular weight is 369 g/mol. The van der Waals surface area contributed by atoms with Gasteiger partial charge in [-0.3, -0.25) is 19.7 Å². The number of nitrogens with one attached hydrogen (secondary N) is 1. The predicted molar refractivity (Wildman–Crippen MR) is 97.3 cm³/mol. The Kier molecular flexibility index (Phi) is 4.65. The number of aromatic amines is 1. The molecule has 0 saturated carbocycles. The minimum atomic E-state index is -0.376. The summed E-state index contributed by atoms with van der Waals surface area (Å²) in [6.45, 7) is 4.78. The van der Waals surface area contributed by atoms with Crippen molar-refractivity contribution in [1.29, 1.82) is 0 Å². The molecule has 0 aromatic carbocycles. The molecule has 2 saturated heterocycles. The van der Waals surface area contributed by atoms with E-state index in [2.05, 4.69) is 15.2 Å². The van der Waals surface area contributed by atoms with Crippen LogP contribution in [0, 0.1) is 6.92 Å². The van der Waals surface area contributed by atoms with Crippen LogP contribution in [0.2, 0.25) is 0 Å². The Labute approximate surface area is 157 Å². The van der Waals surface area contributed by atoms with Crippen LogP contribution in [0.5, 0.6) is 0 Å². The van der Waals surface area contributed by atoms with E-state index < -0.39 is 0 Å². The molecule has 0 bridgehead atoms. The van der Waals surface area contributed by atoms with Gasteiger partial charge in [-0.25, -0.2) is 0 Å². The van der Waals surface area contributed by atoms with Gasteiger partial charge in [0, 0.05) is 38.2 Å². The molecular formula is C19H23N5O3. The van der Waals surface area contributed by atoms with Crippen molar-refractivity contribution in [2.75, 3.05) is 32.8 Å². The van der Waals surface area contributed by atoms with Crippen molar-refractivity contribution in [2.24, 2.45) is 0 Å². The molecule has 2 amide bonds. The monoisotopic (exact) mass is 369 g/mol. The summed E-state index contributed by atoms with van der Waals surface area (Å²) in [5.74, 6) is -0.0287. The molecular weight excluding hydrogens is 346 g/mol. The second-order valence-electron chi connectivity index (χ2n) is 7.29. The maximum atomic E-state index is 12.7. The van der Waals surface area contributed by atoms with Gasteiger partial charge in [-0.05, 0) is 31.4 Å². The van der Waals surface area contributed by atoms with Gasteiger partial charge >= 0.3 is 0 Å². The van der Waals surface area contributed by atoms with E-state index in [1.54, 1.807) is 24.8 Å². The molecule has 1 spiro atoms. The first-order valence-corrected chi connectivity index (χ1v) is 9.19. The number of ether oxygens (including phenoxy) is 1. The molecule has 142 valence electrons. The second kappa shape index (κ2) is 7.11. The van der Waals surface area contributed by atoms with Crippen LogP contribution in [0.1, 0.15) is 39.1 Å². The lowest BCUT2D eigenvalue weighted by atomic mass is 9.89. The molecule has 2 fully saturated rings. The molecule has 4 heterocycles. The number of hydrogen-bond donors (Lipinski definition) is 1. The van der Waals surface area contributed by atoms with Gasteiger partial charge in [-0.1, -0.05) is 0 Å². The SMILES string of the molecule is Cc1cncc(C(=O)N2CCC3(CC2)CN(C(=O)c2cn[nH]c2)CCO3)c1. The molecule has 0 radical (unpaired) electrons. The molecule has 8 nitrogen and oxygen atoms in total. The number of amides is 2. The summed E-state index contributed by atoms with van der Waals surface area (Å²) < 4.78 is 6.09. The van der Waals surface area contributed by atoms with E-state index in [1.807, 2.05) is 22.8 Å². The quantitative estimate of drug-likeness (QED) is 0.861. The largest absolute Gasteiger partial charge is 0.371 e. The number of morpholine rings is 1. The van der Waals surface area contributed by atoms with Gasteiger partial charge in [0.15, 0.2) is 0 Å². The summed E-state index contributed by atoms with van der Waals surface area (Å²) in [6.07, 6.45) is 7.94. The number of likely N-dealkylation sites (tertiary alicyclic amines) is 1. The molecule has 0 atom stereocenters. The van der Waals surface area contributed by atoms with Crippen LogP contribution in [-0.2, 0) is 4.74 Å². The van der Waals surface area contributed by atoms with Crippen molar-refractivity contribution < 1.29 is 14.3 Å². The van der Waals surface area contributed by atoms with E-state index in [-0.39, 0.29) is 17.4 Å². The third kappa shape index (κ3) is 3.57. The fourth-order valence-corrected chi connectivity index (χ4v) is 3.84. The summed E-state index contributed by atoms with van der Waals surface area (Å²) in [7, 11) is 0. The normalized spacial score (nSPS) is 19.3. The molecule has 2 aromatic heterocycles. The van der Waals surface area contributed by atoms with Crippen molar-refractivity contribution in [3.8, 4) is 0 Å². The van der Waals surface area contributed by atoms with Crippen LogP contribution >= 0.6 is 0 Å². The molecule has 2 aliphatic rings. The van der Waals surface area contributed by atoms with Crippen molar-refractivity contribution in [3.63, 3.8) is 0 Å². The van der Waals surface area contributed by atoms with Crippen molar-refractivity contribution in [1.82, 2.24) is 25.0 Å². The summed E-state index contributed by atoms with van der Waals surface area (Å²) >= 11 is 0. The highest BCUT2D eigenvalue weighted by Crippen LogP contribution is 2.31. The van der Waals surface area contributed by atoms with Gasteiger partial charge in [0.2, 0.25) is 0 Å². The van der Waals surface area contributed by atoms with Gasteiger partial charge in [0.25, 0.3) is 11.8 Å². The molecule has 8 heteroatoms. The first-order chi connectivity index (χ1) is 13.1. The molecule has 2 aliphatic heterocycles. The van der Waals surface area contributed by atoms with Crippen LogP contribution in [0.3, 0.4) is 0 Å². The number of carbonyl (C=O) groups excluding carboxylic acids is 2. The van der Waals surface area contributed by atoms with Gasteiger partial charge in [-0.15, -0.1) is 0 Å². The highest BCUT2D eigenvalue weighted by atomic mass is 16.5. The molecule has 1 N–H and O–H groups in total. The Morgan fingerprint density at radius 3 is 2.56 bits per heavy atom. The number of aryl methyl sites for hydroxylation is 1. The summed E-state index contributed by atoms with van der Waals surface area (Å²) in [4.78, 5) is 33.1. The summed E-state index contributed by atoms with van der Waals surface area (Å²) in [5, 5.41) is 6.53. The van der Waals surface area contributed by atoms with E-state index in [1.165, 1.54) is 0 Å².